The van der Waals surface area contributed by atoms with Crippen molar-refractivity contribution in [1.29, 1.82) is 0 Å². The summed E-state index contributed by atoms with van der Waals surface area (Å²) in [7, 11) is -3.59. The number of halogens is 3. The van der Waals surface area contributed by atoms with Crippen LogP contribution in [0.2, 0.25) is 0 Å². The van der Waals surface area contributed by atoms with Crippen LogP contribution >= 0.6 is 42.6 Å². The Kier molecular flexibility index (Phi) is 9.49. The van der Waals surface area contributed by atoms with Crippen LogP contribution in [0.15, 0.2) is 0 Å². The molecule has 0 unspecified atom stereocenters. The summed E-state index contributed by atoms with van der Waals surface area (Å²) in [6, 6.07) is 0. The molecule has 0 aliphatic heterocycles. The third-order valence-corrected chi connectivity index (χ3v) is 4.10. The highest BCUT2D eigenvalue weighted by Gasteiger charge is 2.30. The van der Waals surface area contributed by atoms with Gasteiger partial charge in [-0.2, -0.15) is 0 Å². The maximum absolute atomic E-state index is 12.1. The zero-order valence-electron chi connectivity index (χ0n) is 9.96. The lowest BCUT2D eigenvalue weighted by molar-refractivity contribution is 0.0933. The van der Waals surface area contributed by atoms with Gasteiger partial charge < -0.3 is 0 Å². The molecule has 0 rings (SSSR count). The summed E-state index contributed by atoms with van der Waals surface area (Å²) in [6.07, 6.45) is 0. The van der Waals surface area contributed by atoms with E-state index < -0.39 is 7.82 Å². The minimum absolute atomic E-state index is 0.0857. The van der Waals surface area contributed by atoms with Crippen molar-refractivity contribution in [3.05, 3.63) is 0 Å². The minimum Gasteiger partial charge on any atom is -0.286 e. The summed E-state index contributed by atoms with van der Waals surface area (Å²) >= 11 is 16.6. The highest BCUT2D eigenvalue weighted by molar-refractivity contribution is 7.48. The Hall–Kier alpha value is 0.980. The maximum Gasteiger partial charge on any atom is 0.474 e. The average molecular weight is 328 g/mol. The van der Waals surface area contributed by atoms with Crippen LogP contribution in [0.1, 0.15) is 13.8 Å². The van der Waals surface area contributed by atoms with Gasteiger partial charge in [-0.1, -0.05) is 13.8 Å². The lowest BCUT2D eigenvalue weighted by atomic mass is 9.99. The molecule has 0 aliphatic rings. The van der Waals surface area contributed by atoms with E-state index in [4.69, 9.17) is 48.4 Å². The molecule has 4 nitrogen and oxygen atoms in total. The molecule has 0 aliphatic carbocycles. The van der Waals surface area contributed by atoms with Gasteiger partial charge in [0.05, 0.1) is 19.8 Å². The molecule has 0 saturated heterocycles. The molecule has 104 valence electrons. The number of alkyl halides is 3. The smallest absolute Gasteiger partial charge is 0.286 e. The number of hydrogen-bond donors (Lipinski definition) is 0. The van der Waals surface area contributed by atoms with Crippen LogP contribution in [-0.2, 0) is 18.1 Å². The van der Waals surface area contributed by atoms with Gasteiger partial charge in [0, 0.05) is 23.1 Å². The molecule has 0 atom stereocenters. The molecular weight excluding hydrogens is 309 g/mol. The Bertz CT molecular complexity index is 238. The molecule has 0 aromatic carbocycles. The highest BCUT2D eigenvalue weighted by Crippen LogP contribution is 2.50. The molecule has 17 heavy (non-hydrogen) atoms. The van der Waals surface area contributed by atoms with E-state index in [-0.39, 0.29) is 37.0 Å². The van der Waals surface area contributed by atoms with Crippen molar-refractivity contribution in [1.82, 2.24) is 0 Å². The quantitative estimate of drug-likeness (QED) is 0.451. The SMILES string of the molecule is CC(C)(CCl)COP(=O)(OCCCl)OCCCl. The number of rotatable bonds is 10. The fourth-order valence-electron chi connectivity index (χ4n) is 0.697. The van der Waals surface area contributed by atoms with Gasteiger partial charge in [0.1, 0.15) is 0 Å². The number of phosphoric acid groups is 1. The molecule has 0 saturated carbocycles. The van der Waals surface area contributed by atoms with Gasteiger partial charge in [-0.05, 0) is 0 Å². The van der Waals surface area contributed by atoms with Crippen molar-refractivity contribution in [3.63, 3.8) is 0 Å². The molecule has 0 spiro atoms. The molecule has 0 radical (unpaired) electrons. The molecule has 0 fully saturated rings. The van der Waals surface area contributed by atoms with E-state index in [1.165, 1.54) is 0 Å². The predicted molar refractivity (Wildman–Crippen MR) is 71.4 cm³/mol. The zero-order chi connectivity index (χ0) is 13.4. The summed E-state index contributed by atoms with van der Waals surface area (Å²) in [5.41, 5.74) is -0.314. The van der Waals surface area contributed by atoms with Crippen LogP contribution in [0.25, 0.3) is 0 Å². The number of phosphoric ester groups is 1. The monoisotopic (exact) mass is 326 g/mol. The van der Waals surface area contributed by atoms with Crippen LogP contribution in [0, 0.1) is 5.41 Å². The maximum atomic E-state index is 12.1. The Morgan fingerprint density at radius 1 is 1.00 bits per heavy atom. The summed E-state index contributed by atoms with van der Waals surface area (Å²) < 4.78 is 27.3. The minimum atomic E-state index is -3.59. The second-order valence-corrected chi connectivity index (χ2v) is 6.76. The van der Waals surface area contributed by atoms with Crippen LogP contribution in [-0.4, -0.2) is 37.5 Å². The van der Waals surface area contributed by atoms with Crippen molar-refractivity contribution in [2.24, 2.45) is 5.41 Å². The van der Waals surface area contributed by atoms with Crippen LogP contribution in [0.5, 0.6) is 0 Å². The summed E-state index contributed by atoms with van der Waals surface area (Å²) in [4.78, 5) is 0. The topological polar surface area (TPSA) is 44.8 Å². The first-order valence-corrected chi connectivity index (χ1v) is 8.17. The van der Waals surface area contributed by atoms with E-state index in [0.29, 0.717) is 5.88 Å². The van der Waals surface area contributed by atoms with Crippen LogP contribution < -0.4 is 0 Å². The first kappa shape index (κ1) is 18.0. The molecule has 8 heteroatoms. The lowest BCUT2D eigenvalue weighted by Crippen LogP contribution is -2.21. The second-order valence-electron chi connectivity index (χ2n) is 4.06. The predicted octanol–water partition coefficient (Wildman–Crippen LogP) is 3.89. The van der Waals surface area contributed by atoms with Crippen LogP contribution in [0.3, 0.4) is 0 Å². The van der Waals surface area contributed by atoms with Crippen molar-refractivity contribution in [2.45, 2.75) is 13.8 Å². The van der Waals surface area contributed by atoms with E-state index in [9.17, 15) is 4.57 Å². The van der Waals surface area contributed by atoms with Crippen molar-refractivity contribution in [2.75, 3.05) is 37.5 Å². The standard InChI is InChI=1S/C9H18Cl3O4P/c1-9(2,7-12)8-16-17(13,14-5-3-10)15-6-4-11/h3-8H2,1-2H3. The van der Waals surface area contributed by atoms with Gasteiger partial charge in [-0.3, -0.25) is 13.6 Å². The summed E-state index contributed by atoms with van der Waals surface area (Å²) in [6.45, 7) is 4.10. The molecule has 0 heterocycles. The van der Waals surface area contributed by atoms with Crippen LogP contribution in [0.4, 0.5) is 0 Å². The molecular formula is C9H18Cl3O4P. The molecule has 0 N–H and O–H groups in total. The van der Waals surface area contributed by atoms with Gasteiger partial charge in [-0.15, -0.1) is 34.8 Å². The highest BCUT2D eigenvalue weighted by atomic mass is 35.5. The first-order valence-electron chi connectivity index (χ1n) is 5.11. The van der Waals surface area contributed by atoms with Gasteiger partial charge in [0.2, 0.25) is 0 Å². The third kappa shape index (κ3) is 8.66. The Morgan fingerprint density at radius 2 is 1.47 bits per heavy atom. The van der Waals surface area contributed by atoms with E-state index in [1.807, 2.05) is 13.8 Å². The van der Waals surface area contributed by atoms with E-state index in [0.717, 1.165) is 0 Å². The van der Waals surface area contributed by atoms with E-state index in [1.54, 1.807) is 0 Å². The van der Waals surface area contributed by atoms with Gasteiger partial charge in [0.15, 0.2) is 0 Å². The second kappa shape index (κ2) is 8.98. The Balaban J connectivity index is 4.32. The number of hydrogen-bond acceptors (Lipinski definition) is 4. The van der Waals surface area contributed by atoms with Crippen molar-refractivity contribution < 1.29 is 18.1 Å². The van der Waals surface area contributed by atoms with Crippen molar-refractivity contribution >= 4 is 42.6 Å². The van der Waals surface area contributed by atoms with Gasteiger partial charge in [0.25, 0.3) is 0 Å². The Labute approximate surface area is 117 Å². The molecule has 0 aromatic heterocycles. The fraction of sp³-hybridized carbons (Fsp3) is 1.00. The van der Waals surface area contributed by atoms with E-state index >= 15 is 0 Å². The van der Waals surface area contributed by atoms with Gasteiger partial charge >= 0.3 is 7.82 Å². The molecule has 0 bridgehead atoms. The zero-order valence-corrected chi connectivity index (χ0v) is 13.1. The summed E-state index contributed by atoms with van der Waals surface area (Å²) in [5, 5.41) is 0. The van der Waals surface area contributed by atoms with Crippen molar-refractivity contribution in [3.8, 4) is 0 Å². The average Bonchev–Trinajstić information content (AvgIpc) is 2.32. The van der Waals surface area contributed by atoms with E-state index in [2.05, 4.69) is 0 Å². The normalized spacial score (nSPS) is 13.0. The molecule has 0 aromatic rings. The fourth-order valence-corrected chi connectivity index (χ4v) is 2.50. The summed E-state index contributed by atoms with van der Waals surface area (Å²) in [5.74, 6) is 0.783. The molecule has 0 amide bonds. The largest absolute Gasteiger partial charge is 0.474 e. The van der Waals surface area contributed by atoms with Gasteiger partial charge in [-0.25, -0.2) is 4.57 Å². The lowest BCUT2D eigenvalue weighted by Gasteiger charge is -2.24. The third-order valence-electron chi connectivity index (χ3n) is 1.63. The first-order chi connectivity index (χ1) is 7.89. The Morgan fingerprint density at radius 3 is 1.82 bits per heavy atom.